The van der Waals surface area contributed by atoms with Crippen molar-refractivity contribution < 1.29 is 38.9 Å². The van der Waals surface area contributed by atoms with Crippen molar-refractivity contribution in [2.75, 3.05) is 0 Å². The number of nitrogens with zero attached hydrogens (tertiary/aromatic N) is 6. The first kappa shape index (κ1) is 48.7. The summed E-state index contributed by atoms with van der Waals surface area (Å²) in [6.07, 6.45) is -4.85. The Kier molecular flexibility index (Phi) is 14.4. The lowest BCUT2D eigenvalue weighted by molar-refractivity contribution is -0.153. The lowest BCUT2D eigenvalue weighted by Gasteiger charge is -2.26. The third-order valence-corrected chi connectivity index (χ3v) is 14.8. The Labute approximate surface area is 418 Å². The maximum absolute atomic E-state index is 13.5. The molecule has 10 rings (SSSR count). The van der Waals surface area contributed by atoms with E-state index in [4.69, 9.17) is 4.74 Å². The molecule has 3 N–H and O–H groups in total. The van der Waals surface area contributed by atoms with Gasteiger partial charge >= 0.3 is 5.97 Å². The number of Topliss-reactive ketones (excluding diaryl/α,β-unsaturated/α-hetero) is 1. The topological polar surface area (TPSA) is 189 Å². The molecule has 0 radical (unpaired) electrons. The molecule has 0 unspecified atom stereocenters. The molecule has 4 atom stereocenters. The van der Waals surface area contributed by atoms with E-state index in [0.29, 0.717) is 44.8 Å². The van der Waals surface area contributed by atoms with Crippen molar-refractivity contribution in [3.63, 3.8) is 0 Å². The molecule has 6 heterocycles. The molecule has 4 aromatic carbocycles. The third-order valence-electron chi connectivity index (χ3n) is 13.0. The van der Waals surface area contributed by atoms with Crippen LogP contribution >= 0.6 is 22.7 Å². The van der Waals surface area contributed by atoms with Gasteiger partial charge in [0, 0.05) is 60.3 Å². The zero-order valence-corrected chi connectivity index (χ0v) is 41.3. The van der Waals surface area contributed by atoms with Gasteiger partial charge in [-0.15, -0.1) is 22.7 Å². The SMILES string of the molecule is CC(=O)O[C@@H](C(=O)c1csc(Cn2c(C)nc3ccccc32)c1)[C@@H](C)C(=O)N1Cc2ccccc2C1.Cc1nc2ccccc2n1Cc1cc(CNC(=O)[C@H](O)[C@@H](O)C(=O)N2Cc3ccccc3C2)cs1. The summed E-state index contributed by atoms with van der Waals surface area (Å²) in [5.41, 5.74) is 9.48. The largest absolute Gasteiger partial charge is 0.453 e. The number of ketones is 1. The van der Waals surface area contributed by atoms with E-state index in [2.05, 4.69) is 24.4 Å². The molecular formula is C54H53N7O8S2. The lowest BCUT2D eigenvalue weighted by atomic mass is 9.96. The Morgan fingerprint density at radius 1 is 0.648 bits per heavy atom. The maximum Gasteiger partial charge on any atom is 0.303 e. The first-order valence-corrected chi connectivity index (χ1v) is 25.0. The molecule has 364 valence electrons. The molecular weight excluding hydrogens is 939 g/mol. The Morgan fingerprint density at radius 3 is 1.63 bits per heavy atom. The molecule has 0 fully saturated rings. The molecule has 2 aliphatic heterocycles. The van der Waals surface area contributed by atoms with Crippen LogP contribution in [-0.4, -0.2) is 86.9 Å². The number of aliphatic hydroxyl groups excluding tert-OH is 2. The quantitative estimate of drug-likeness (QED) is 0.0750. The fraction of sp³-hybridized carbons (Fsp3) is 0.278. The number of aromatic nitrogens is 4. The fourth-order valence-electron chi connectivity index (χ4n) is 9.18. The minimum Gasteiger partial charge on any atom is -0.453 e. The first-order chi connectivity index (χ1) is 34.2. The molecule has 0 bridgehead atoms. The number of aryl methyl sites for hydroxylation is 2. The molecule has 15 nitrogen and oxygen atoms in total. The Balaban J connectivity index is 0.000000176. The van der Waals surface area contributed by atoms with Crippen LogP contribution in [0.15, 0.2) is 120 Å². The summed E-state index contributed by atoms with van der Waals surface area (Å²) >= 11 is 3.04. The van der Waals surface area contributed by atoms with E-state index < -0.39 is 42.0 Å². The molecule has 0 saturated carbocycles. The normalized spacial score (nSPS) is 14.6. The third kappa shape index (κ3) is 10.6. The molecule has 17 heteroatoms. The first-order valence-electron chi connectivity index (χ1n) is 23.3. The molecule has 0 aliphatic carbocycles. The van der Waals surface area contributed by atoms with E-state index >= 15 is 0 Å². The van der Waals surface area contributed by atoms with Gasteiger partial charge in [-0.1, -0.05) is 72.8 Å². The van der Waals surface area contributed by atoms with Gasteiger partial charge in [-0.2, -0.15) is 0 Å². The van der Waals surface area contributed by atoms with Gasteiger partial charge < -0.3 is 39.2 Å². The van der Waals surface area contributed by atoms with Gasteiger partial charge in [0.15, 0.2) is 18.3 Å². The molecule has 71 heavy (non-hydrogen) atoms. The van der Waals surface area contributed by atoms with E-state index in [0.717, 1.165) is 71.3 Å². The van der Waals surface area contributed by atoms with Crippen LogP contribution in [0.25, 0.3) is 22.1 Å². The average molecular weight is 992 g/mol. The Bertz CT molecular complexity index is 3250. The van der Waals surface area contributed by atoms with Crippen LogP contribution in [0.3, 0.4) is 0 Å². The van der Waals surface area contributed by atoms with Crippen LogP contribution in [-0.2, 0) is 69.7 Å². The molecule has 0 spiro atoms. The number of thiophene rings is 2. The molecule has 8 aromatic rings. The van der Waals surface area contributed by atoms with Crippen molar-refractivity contribution in [2.45, 2.75) is 91.8 Å². The number of rotatable bonds is 14. The summed E-state index contributed by atoms with van der Waals surface area (Å²) < 4.78 is 9.68. The van der Waals surface area contributed by atoms with Gasteiger partial charge in [0.05, 0.1) is 41.1 Å². The van der Waals surface area contributed by atoms with Crippen LogP contribution in [0, 0.1) is 19.8 Å². The number of esters is 1. The number of amides is 3. The lowest BCUT2D eigenvalue weighted by Crippen LogP contribution is -2.49. The van der Waals surface area contributed by atoms with Gasteiger partial charge in [-0.3, -0.25) is 24.0 Å². The van der Waals surface area contributed by atoms with Crippen LogP contribution in [0.4, 0.5) is 0 Å². The summed E-state index contributed by atoms with van der Waals surface area (Å²) in [5, 5.41) is 27.0. The predicted octanol–water partition coefficient (Wildman–Crippen LogP) is 7.08. The number of hydrogen-bond acceptors (Lipinski definition) is 12. The number of carbonyl (C=O) groups excluding carboxylic acids is 5. The van der Waals surface area contributed by atoms with Crippen molar-refractivity contribution in [1.29, 1.82) is 0 Å². The van der Waals surface area contributed by atoms with Crippen molar-refractivity contribution in [3.05, 3.63) is 175 Å². The maximum atomic E-state index is 13.5. The number of benzene rings is 4. The Morgan fingerprint density at radius 2 is 1.11 bits per heavy atom. The molecule has 3 amide bonds. The number of carbonyl (C=O) groups is 5. The monoisotopic (exact) mass is 991 g/mol. The van der Waals surface area contributed by atoms with Crippen LogP contribution in [0.2, 0.25) is 0 Å². The highest BCUT2D eigenvalue weighted by atomic mass is 32.1. The zero-order valence-electron chi connectivity index (χ0n) is 39.6. The highest BCUT2D eigenvalue weighted by Crippen LogP contribution is 2.29. The van der Waals surface area contributed by atoms with Crippen molar-refractivity contribution in [2.24, 2.45) is 5.92 Å². The Hall–Kier alpha value is -7.31. The van der Waals surface area contributed by atoms with Gasteiger partial charge in [0.2, 0.25) is 11.7 Å². The van der Waals surface area contributed by atoms with Crippen molar-refractivity contribution in [1.82, 2.24) is 34.2 Å². The summed E-state index contributed by atoms with van der Waals surface area (Å²) in [6, 6.07) is 35.2. The number of nitrogens with one attached hydrogen (secondary N) is 1. The number of ether oxygens (including phenoxy) is 1. The van der Waals surface area contributed by atoms with Crippen LogP contribution in [0.5, 0.6) is 0 Å². The predicted molar refractivity (Wildman–Crippen MR) is 270 cm³/mol. The second-order valence-electron chi connectivity index (χ2n) is 17.9. The van der Waals surface area contributed by atoms with Gasteiger partial charge in [0.25, 0.3) is 11.8 Å². The average Bonchev–Trinajstić information content (AvgIpc) is 4.25. The van der Waals surface area contributed by atoms with Crippen LogP contribution in [0.1, 0.15) is 73.4 Å². The van der Waals surface area contributed by atoms with E-state index in [1.54, 1.807) is 28.5 Å². The van der Waals surface area contributed by atoms with E-state index in [1.807, 2.05) is 128 Å². The smallest absolute Gasteiger partial charge is 0.303 e. The summed E-state index contributed by atoms with van der Waals surface area (Å²) in [4.78, 5) is 78.2. The van der Waals surface area contributed by atoms with E-state index in [-0.39, 0.29) is 18.2 Å². The minimum absolute atomic E-state index is 0.187. The van der Waals surface area contributed by atoms with Gasteiger partial charge in [0.1, 0.15) is 11.6 Å². The molecule has 0 saturated heterocycles. The number of para-hydroxylation sites is 4. The minimum atomic E-state index is -1.84. The van der Waals surface area contributed by atoms with Crippen LogP contribution < -0.4 is 5.32 Å². The molecule has 2 aliphatic rings. The summed E-state index contributed by atoms with van der Waals surface area (Å²) in [5.74, 6) is -1.60. The second-order valence-corrected chi connectivity index (χ2v) is 19.9. The number of imidazole rings is 2. The van der Waals surface area contributed by atoms with Gasteiger partial charge in [-0.25, -0.2) is 9.97 Å². The fourth-order valence-corrected chi connectivity index (χ4v) is 10.9. The number of aliphatic hydroxyl groups is 2. The van der Waals surface area contributed by atoms with E-state index in [1.165, 1.54) is 23.2 Å². The standard InChI is InChI=1S/C28H27N3O4S.C26H26N4O4S/c1-17(28(34)30-13-20-8-4-5-9-21(20)14-30)27(35-19(3)32)26(33)22-12-23(36-16-22)15-31-18(2)29-24-10-6-7-11-25(24)31;1-16-28-21-8-4-5-9-22(21)30(16)14-20-10-17(15-35-20)11-27-25(33)23(31)24(32)26(34)29-12-18-6-2-3-7-19(18)13-29/h4-12,16-17,27H,13-15H2,1-3H3;2-10,15,23-24,31-32H,11-14H2,1H3,(H,27,33)/t17-,27-;23-,24-/m11/s1. The number of fused-ring (bicyclic) bond motifs is 4. The highest BCUT2D eigenvalue weighted by molar-refractivity contribution is 7.10. The summed E-state index contributed by atoms with van der Waals surface area (Å²) in [6.45, 7) is 9.95. The summed E-state index contributed by atoms with van der Waals surface area (Å²) in [7, 11) is 0. The molecule has 4 aromatic heterocycles. The van der Waals surface area contributed by atoms with Crippen molar-refractivity contribution >= 4 is 74.2 Å². The second kappa shape index (κ2) is 21.0. The zero-order chi connectivity index (χ0) is 49.9. The number of hydrogen-bond donors (Lipinski definition) is 3. The van der Waals surface area contributed by atoms with Gasteiger partial charge in [-0.05, 0) is 90.4 Å². The van der Waals surface area contributed by atoms with E-state index in [9.17, 15) is 34.2 Å². The highest BCUT2D eigenvalue weighted by Gasteiger charge is 2.38. The van der Waals surface area contributed by atoms with Crippen molar-refractivity contribution in [3.8, 4) is 0 Å².